The Hall–Kier alpha value is -2.88. The zero-order valence-corrected chi connectivity index (χ0v) is 22.7. The zero-order chi connectivity index (χ0) is 26.3. The molecular weight excluding hydrogens is 450 g/mol. The summed E-state index contributed by atoms with van der Waals surface area (Å²) in [5, 5.41) is 15.1. The average Bonchev–Trinajstić information content (AvgIpc) is 2.83. The smallest absolute Gasteiger partial charge is 0.262 e. The molecule has 2 aromatic rings. The lowest BCUT2D eigenvalue weighted by Crippen LogP contribution is -2.45. The van der Waals surface area contributed by atoms with Gasteiger partial charge in [0.25, 0.3) is 5.91 Å². The maximum atomic E-state index is 13.1. The molecule has 2 aromatic carbocycles. The van der Waals surface area contributed by atoms with E-state index in [4.69, 9.17) is 9.47 Å². The standard InChI is InChI=1S/C30H41N3O3/c1-22(27(20-31)28(34)32-29(2,3)14-17-36-30(4,5)21-35-6)23-10-11-25-19-26(13-12-24(25)18-23)33-15-8-7-9-16-33/h10-13,18-19H,7-9,14-17,21H2,1-6H3,(H,32,34)/b27-22+. The SMILES string of the molecule is COCC(C)(C)OCCC(C)(C)NC(=O)/C(C#N)=C(\C)c1ccc2cc(N3CCCCC3)ccc2c1. The Bertz CT molecular complexity index is 1140. The Morgan fingerprint density at radius 3 is 2.39 bits per heavy atom. The summed E-state index contributed by atoms with van der Waals surface area (Å²) in [5.74, 6) is -0.364. The summed E-state index contributed by atoms with van der Waals surface area (Å²) in [4.78, 5) is 15.5. The van der Waals surface area contributed by atoms with Gasteiger partial charge in [0, 0.05) is 38.0 Å². The first-order valence-electron chi connectivity index (χ1n) is 12.9. The van der Waals surface area contributed by atoms with Crippen LogP contribution in [0.5, 0.6) is 0 Å². The first kappa shape index (κ1) is 27.7. The second-order valence-corrected chi connectivity index (χ2v) is 11.0. The van der Waals surface area contributed by atoms with Crippen LogP contribution < -0.4 is 10.2 Å². The van der Waals surface area contributed by atoms with Crippen molar-refractivity contribution < 1.29 is 14.3 Å². The number of nitrogens with one attached hydrogen (secondary N) is 1. The van der Waals surface area contributed by atoms with Crippen LogP contribution in [0, 0.1) is 11.3 Å². The number of amides is 1. The van der Waals surface area contributed by atoms with Crippen LogP contribution >= 0.6 is 0 Å². The fourth-order valence-electron chi connectivity index (χ4n) is 4.67. The van der Waals surface area contributed by atoms with Crippen LogP contribution in [-0.4, -0.2) is 50.5 Å². The minimum Gasteiger partial charge on any atom is -0.382 e. The minimum atomic E-state index is -0.531. The maximum Gasteiger partial charge on any atom is 0.262 e. The van der Waals surface area contributed by atoms with Gasteiger partial charge in [-0.2, -0.15) is 5.26 Å². The molecule has 1 N–H and O–H groups in total. The molecule has 3 rings (SSSR count). The van der Waals surface area contributed by atoms with Gasteiger partial charge < -0.3 is 19.7 Å². The molecule has 1 aliphatic heterocycles. The highest BCUT2D eigenvalue weighted by molar-refractivity contribution is 6.05. The fraction of sp³-hybridized carbons (Fsp3) is 0.533. The van der Waals surface area contributed by atoms with Crippen LogP contribution in [0.25, 0.3) is 16.3 Å². The van der Waals surface area contributed by atoms with Crippen molar-refractivity contribution in [2.45, 2.75) is 71.4 Å². The molecule has 194 valence electrons. The number of anilines is 1. The molecule has 1 heterocycles. The highest BCUT2D eigenvalue weighted by atomic mass is 16.5. The van der Waals surface area contributed by atoms with Crippen LogP contribution in [0.2, 0.25) is 0 Å². The first-order valence-corrected chi connectivity index (χ1v) is 12.9. The van der Waals surface area contributed by atoms with E-state index in [1.54, 1.807) is 7.11 Å². The van der Waals surface area contributed by atoms with Gasteiger partial charge in [-0.3, -0.25) is 4.79 Å². The summed E-state index contributed by atoms with van der Waals surface area (Å²) in [6, 6.07) is 14.8. The van der Waals surface area contributed by atoms with Crippen molar-refractivity contribution in [2.75, 3.05) is 38.3 Å². The van der Waals surface area contributed by atoms with E-state index in [1.165, 1.54) is 24.9 Å². The van der Waals surface area contributed by atoms with Gasteiger partial charge in [-0.15, -0.1) is 0 Å². The molecule has 0 saturated carbocycles. The molecular formula is C30H41N3O3. The van der Waals surface area contributed by atoms with Crippen LogP contribution in [-0.2, 0) is 14.3 Å². The molecule has 1 aliphatic rings. The Labute approximate surface area is 216 Å². The first-order chi connectivity index (χ1) is 17.0. The molecule has 6 nitrogen and oxygen atoms in total. The third-order valence-electron chi connectivity index (χ3n) is 6.86. The van der Waals surface area contributed by atoms with Crippen molar-refractivity contribution in [3.05, 3.63) is 47.5 Å². The van der Waals surface area contributed by atoms with Crippen LogP contribution in [0.1, 0.15) is 65.9 Å². The Balaban J connectivity index is 1.72. The van der Waals surface area contributed by atoms with Gasteiger partial charge >= 0.3 is 0 Å². The molecule has 0 aliphatic carbocycles. The van der Waals surface area contributed by atoms with E-state index in [0.717, 1.165) is 29.4 Å². The molecule has 1 saturated heterocycles. The molecule has 0 atom stereocenters. The molecule has 0 radical (unpaired) electrons. The topological polar surface area (TPSA) is 74.6 Å². The third-order valence-corrected chi connectivity index (χ3v) is 6.86. The summed E-state index contributed by atoms with van der Waals surface area (Å²) in [5.41, 5.74) is 2.02. The van der Waals surface area contributed by atoms with Gasteiger partial charge in [0.05, 0.1) is 12.2 Å². The predicted octanol–water partition coefficient (Wildman–Crippen LogP) is 5.85. The van der Waals surface area contributed by atoms with Gasteiger partial charge in [0.2, 0.25) is 0 Å². The van der Waals surface area contributed by atoms with Crippen molar-refractivity contribution in [1.82, 2.24) is 5.32 Å². The van der Waals surface area contributed by atoms with Gasteiger partial charge in [-0.25, -0.2) is 0 Å². The van der Waals surface area contributed by atoms with Crippen molar-refractivity contribution in [3.63, 3.8) is 0 Å². The Morgan fingerprint density at radius 2 is 1.72 bits per heavy atom. The highest BCUT2D eigenvalue weighted by Gasteiger charge is 2.26. The number of fused-ring (bicyclic) bond motifs is 1. The fourth-order valence-corrected chi connectivity index (χ4v) is 4.67. The Kier molecular flexibility index (Phi) is 9.16. The van der Waals surface area contributed by atoms with Gasteiger partial charge in [-0.1, -0.05) is 18.2 Å². The molecule has 1 fully saturated rings. The van der Waals surface area contributed by atoms with E-state index in [2.05, 4.69) is 46.6 Å². The second-order valence-electron chi connectivity index (χ2n) is 11.0. The highest BCUT2D eigenvalue weighted by Crippen LogP contribution is 2.28. The zero-order valence-electron chi connectivity index (χ0n) is 22.7. The van der Waals surface area contributed by atoms with E-state index >= 15 is 0 Å². The maximum absolute atomic E-state index is 13.1. The summed E-state index contributed by atoms with van der Waals surface area (Å²) in [7, 11) is 1.65. The number of nitrogens with zero attached hydrogens (tertiary/aromatic N) is 2. The summed E-state index contributed by atoms with van der Waals surface area (Å²) < 4.78 is 11.1. The largest absolute Gasteiger partial charge is 0.382 e. The molecule has 0 spiro atoms. The molecule has 1 amide bonds. The number of rotatable bonds is 10. The number of benzene rings is 2. The normalized spacial score (nSPS) is 15.4. The summed E-state index contributed by atoms with van der Waals surface area (Å²) >= 11 is 0. The number of hydrogen-bond acceptors (Lipinski definition) is 5. The quantitative estimate of drug-likeness (QED) is 0.333. The molecule has 6 heteroatoms. The van der Waals surface area contributed by atoms with E-state index in [9.17, 15) is 10.1 Å². The van der Waals surface area contributed by atoms with E-state index < -0.39 is 11.1 Å². The number of carbonyl (C=O) groups excluding carboxylic acids is 1. The number of hydrogen-bond donors (Lipinski definition) is 1. The number of carbonyl (C=O) groups is 1. The van der Waals surface area contributed by atoms with Crippen molar-refractivity contribution in [2.24, 2.45) is 0 Å². The van der Waals surface area contributed by atoms with E-state index in [-0.39, 0.29) is 11.5 Å². The number of ether oxygens (including phenoxy) is 2. The minimum absolute atomic E-state index is 0.132. The molecule has 36 heavy (non-hydrogen) atoms. The monoisotopic (exact) mass is 491 g/mol. The summed E-state index contributed by atoms with van der Waals surface area (Å²) in [6.07, 6.45) is 4.41. The van der Waals surface area contributed by atoms with Gasteiger partial charge in [0.1, 0.15) is 11.6 Å². The van der Waals surface area contributed by atoms with Crippen LogP contribution in [0.15, 0.2) is 42.0 Å². The number of piperidine rings is 1. The lowest BCUT2D eigenvalue weighted by molar-refractivity contribution is -0.119. The number of methoxy groups -OCH3 is 1. The number of nitriles is 1. The van der Waals surface area contributed by atoms with Gasteiger partial charge in [-0.05, 0) is 100 Å². The van der Waals surface area contributed by atoms with E-state index in [1.807, 2.05) is 40.7 Å². The van der Waals surface area contributed by atoms with Crippen molar-refractivity contribution in [3.8, 4) is 6.07 Å². The Morgan fingerprint density at radius 1 is 1.06 bits per heavy atom. The van der Waals surface area contributed by atoms with E-state index in [0.29, 0.717) is 25.2 Å². The van der Waals surface area contributed by atoms with Crippen molar-refractivity contribution in [1.29, 1.82) is 5.26 Å². The lowest BCUT2D eigenvalue weighted by Gasteiger charge is -2.30. The van der Waals surface area contributed by atoms with Gasteiger partial charge in [0.15, 0.2) is 0 Å². The van der Waals surface area contributed by atoms with Crippen molar-refractivity contribution >= 4 is 27.9 Å². The number of allylic oxidation sites excluding steroid dienone is 1. The van der Waals surface area contributed by atoms with Crippen LogP contribution in [0.3, 0.4) is 0 Å². The molecule has 0 unspecified atom stereocenters. The average molecular weight is 492 g/mol. The molecule has 0 bridgehead atoms. The lowest BCUT2D eigenvalue weighted by atomic mass is 9.96. The third kappa shape index (κ3) is 7.32. The second kappa shape index (κ2) is 11.9. The predicted molar refractivity (Wildman–Crippen MR) is 147 cm³/mol. The van der Waals surface area contributed by atoms with Crippen LogP contribution in [0.4, 0.5) is 5.69 Å². The summed E-state index contributed by atoms with van der Waals surface area (Å²) in [6.45, 7) is 12.9. The molecule has 0 aromatic heterocycles.